The Morgan fingerprint density at radius 3 is 2.63 bits per heavy atom. The van der Waals surface area contributed by atoms with Crippen molar-refractivity contribution in [3.8, 4) is 11.4 Å². The van der Waals surface area contributed by atoms with Gasteiger partial charge in [-0.05, 0) is 42.4 Å². The van der Waals surface area contributed by atoms with Crippen LogP contribution in [0.2, 0.25) is 5.15 Å². The van der Waals surface area contributed by atoms with Crippen LogP contribution in [0.5, 0.6) is 0 Å². The van der Waals surface area contributed by atoms with Gasteiger partial charge in [0.25, 0.3) is 0 Å². The van der Waals surface area contributed by atoms with Crippen LogP contribution in [0.15, 0.2) is 30.3 Å². The van der Waals surface area contributed by atoms with E-state index < -0.39 is 0 Å². The van der Waals surface area contributed by atoms with Crippen LogP contribution >= 0.6 is 11.6 Å². The lowest BCUT2D eigenvalue weighted by atomic mass is 10.1. The fraction of sp³-hybridized carbons (Fsp3) is 0.375. The monoisotopic (exact) mass is 272 g/mol. The summed E-state index contributed by atoms with van der Waals surface area (Å²) in [4.78, 5) is 8.99. The zero-order chi connectivity index (χ0) is 13.4. The molecule has 1 fully saturated rings. The van der Waals surface area contributed by atoms with Crippen molar-refractivity contribution in [2.45, 2.75) is 38.5 Å². The third-order valence-corrected chi connectivity index (χ3v) is 3.69. The Morgan fingerprint density at radius 1 is 1.16 bits per heavy atom. The Morgan fingerprint density at radius 2 is 1.95 bits per heavy atom. The van der Waals surface area contributed by atoms with Crippen molar-refractivity contribution in [1.82, 2.24) is 9.97 Å². The van der Waals surface area contributed by atoms with Crippen molar-refractivity contribution in [1.29, 1.82) is 0 Å². The van der Waals surface area contributed by atoms with Crippen LogP contribution in [-0.2, 0) is 0 Å². The Bertz CT molecular complexity index is 603. The molecule has 0 N–H and O–H groups in total. The topological polar surface area (TPSA) is 25.8 Å². The minimum absolute atomic E-state index is 0.353. The molecular formula is C16H17ClN2. The van der Waals surface area contributed by atoms with Gasteiger partial charge < -0.3 is 0 Å². The highest BCUT2D eigenvalue weighted by Crippen LogP contribution is 2.40. The molecular weight excluding hydrogens is 256 g/mol. The summed E-state index contributed by atoms with van der Waals surface area (Å²) in [6, 6.07) is 10.4. The van der Waals surface area contributed by atoms with Crippen LogP contribution < -0.4 is 0 Å². The number of hydrogen-bond acceptors (Lipinski definition) is 2. The van der Waals surface area contributed by atoms with E-state index in [4.69, 9.17) is 11.6 Å². The van der Waals surface area contributed by atoms with E-state index >= 15 is 0 Å². The lowest BCUT2D eigenvalue weighted by Crippen LogP contribution is -1.98. The number of halogens is 1. The van der Waals surface area contributed by atoms with E-state index in [0.717, 1.165) is 23.0 Å². The zero-order valence-corrected chi connectivity index (χ0v) is 12.0. The molecule has 0 saturated heterocycles. The maximum Gasteiger partial charge on any atom is 0.161 e. The van der Waals surface area contributed by atoms with Gasteiger partial charge in [-0.2, -0.15) is 0 Å². The molecule has 19 heavy (non-hydrogen) atoms. The first-order valence-electron chi connectivity index (χ1n) is 6.78. The second kappa shape index (κ2) is 4.93. The first-order valence-corrected chi connectivity index (χ1v) is 7.16. The molecule has 0 unspecified atom stereocenters. The summed E-state index contributed by atoms with van der Waals surface area (Å²) in [5.74, 6) is 1.83. The third-order valence-electron chi connectivity index (χ3n) is 3.50. The quantitative estimate of drug-likeness (QED) is 0.750. The van der Waals surface area contributed by atoms with Gasteiger partial charge in [0.2, 0.25) is 0 Å². The number of nitrogens with zero attached hydrogens (tertiary/aromatic N) is 2. The lowest BCUT2D eigenvalue weighted by molar-refractivity contribution is 0.817. The summed E-state index contributed by atoms with van der Waals surface area (Å²) in [5, 5.41) is 0.519. The van der Waals surface area contributed by atoms with Gasteiger partial charge in [-0.1, -0.05) is 43.6 Å². The molecule has 1 aliphatic carbocycles. The van der Waals surface area contributed by atoms with Gasteiger partial charge in [-0.25, -0.2) is 9.97 Å². The fourth-order valence-electron chi connectivity index (χ4n) is 2.21. The van der Waals surface area contributed by atoms with Crippen LogP contribution in [0, 0.1) is 0 Å². The van der Waals surface area contributed by atoms with Crippen molar-refractivity contribution < 1.29 is 0 Å². The maximum atomic E-state index is 6.11. The molecule has 2 nitrogen and oxygen atoms in total. The molecule has 98 valence electrons. The minimum Gasteiger partial charge on any atom is -0.233 e. The predicted octanol–water partition coefficient (Wildman–Crippen LogP) is 4.80. The Kier molecular flexibility index (Phi) is 3.28. The van der Waals surface area contributed by atoms with Crippen molar-refractivity contribution >= 4 is 11.6 Å². The van der Waals surface area contributed by atoms with Gasteiger partial charge in [-0.15, -0.1) is 0 Å². The minimum atomic E-state index is 0.353. The van der Waals surface area contributed by atoms with Crippen LogP contribution in [0.25, 0.3) is 11.4 Å². The van der Waals surface area contributed by atoms with Gasteiger partial charge in [0, 0.05) is 11.3 Å². The summed E-state index contributed by atoms with van der Waals surface area (Å²) in [5.41, 5.74) is 3.45. The molecule has 0 spiro atoms. The van der Waals surface area contributed by atoms with Gasteiger partial charge in [-0.3, -0.25) is 0 Å². The number of hydrogen-bond donors (Lipinski definition) is 0. The van der Waals surface area contributed by atoms with Crippen molar-refractivity contribution in [3.05, 3.63) is 46.7 Å². The molecule has 0 amide bonds. The van der Waals surface area contributed by atoms with E-state index in [0.29, 0.717) is 11.1 Å². The van der Waals surface area contributed by atoms with E-state index in [-0.39, 0.29) is 0 Å². The second-order valence-corrected chi connectivity index (χ2v) is 5.88. The third kappa shape index (κ3) is 2.79. The van der Waals surface area contributed by atoms with Crippen molar-refractivity contribution in [3.63, 3.8) is 0 Å². The van der Waals surface area contributed by atoms with Crippen molar-refractivity contribution in [2.24, 2.45) is 0 Å². The normalized spacial score (nSPS) is 14.9. The molecule has 3 heteroatoms. The summed E-state index contributed by atoms with van der Waals surface area (Å²) in [7, 11) is 0. The highest BCUT2D eigenvalue weighted by Gasteiger charge is 2.23. The lowest BCUT2D eigenvalue weighted by Gasteiger charge is -2.08. The number of benzene rings is 1. The van der Waals surface area contributed by atoms with Crippen molar-refractivity contribution in [2.75, 3.05) is 0 Å². The van der Waals surface area contributed by atoms with Gasteiger partial charge in [0.05, 0.1) is 0 Å². The first-order chi connectivity index (χ1) is 9.13. The number of rotatable bonds is 3. The van der Waals surface area contributed by atoms with E-state index in [1.165, 1.54) is 18.4 Å². The average molecular weight is 273 g/mol. The molecule has 0 atom stereocenters. The molecule has 3 rings (SSSR count). The summed E-state index contributed by atoms with van der Waals surface area (Å²) < 4.78 is 0. The highest BCUT2D eigenvalue weighted by atomic mass is 35.5. The summed E-state index contributed by atoms with van der Waals surface area (Å²) >= 11 is 6.11. The Balaban J connectivity index is 2.03. The maximum absolute atomic E-state index is 6.11. The molecule has 0 radical (unpaired) electrons. The molecule has 1 aromatic carbocycles. The Hall–Kier alpha value is -1.41. The largest absolute Gasteiger partial charge is 0.233 e. The molecule has 1 heterocycles. The first kappa shape index (κ1) is 12.6. The van der Waals surface area contributed by atoms with Gasteiger partial charge >= 0.3 is 0 Å². The van der Waals surface area contributed by atoms with Crippen LogP contribution in [0.4, 0.5) is 0 Å². The Labute approximate surface area is 118 Å². The van der Waals surface area contributed by atoms with Crippen LogP contribution in [0.3, 0.4) is 0 Å². The van der Waals surface area contributed by atoms with E-state index in [1.54, 1.807) is 0 Å². The summed E-state index contributed by atoms with van der Waals surface area (Å²) in [6.45, 7) is 4.23. The van der Waals surface area contributed by atoms with E-state index in [1.807, 2.05) is 6.07 Å². The highest BCUT2D eigenvalue weighted by molar-refractivity contribution is 6.29. The smallest absolute Gasteiger partial charge is 0.161 e. The van der Waals surface area contributed by atoms with Crippen LogP contribution in [-0.4, -0.2) is 9.97 Å². The van der Waals surface area contributed by atoms with Crippen LogP contribution in [0.1, 0.15) is 49.8 Å². The molecule has 1 aromatic heterocycles. The standard InChI is InChI=1S/C16H17ClN2/c1-10(2)14-9-15(17)19-16(18-14)13-5-3-4-12(8-13)11-6-7-11/h3-5,8-11H,6-7H2,1-2H3. The van der Waals surface area contributed by atoms with Gasteiger partial charge in [0.15, 0.2) is 5.82 Å². The van der Waals surface area contributed by atoms with Gasteiger partial charge in [0.1, 0.15) is 5.15 Å². The zero-order valence-electron chi connectivity index (χ0n) is 11.2. The predicted molar refractivity (Wildman–Crippen MR) is 78.5 cm³/mol. The molecule has 1 saturated carbocycles. The molecule has 2 aromatic rings. The second-order valence-electron chi connectivity index (χ2n) is 5.49. The number of aromatic nitrogens is 2. The SMILES string of the molecule is CC(C)c1cc(Cl)nc(-c2cccc(C3CC3)c2)n1. The van der Waals surface area contributed by atoms with E-state index in [2.05, 4.69) is 48.1 Å². The molecule has 0 bridgehead atoms. The molecule has 0 aliphatic heterocycles. The van der Waals surface area contributed by atoms with E-state index in [9.17, 15) is 0 Å². The molecule has 1 aliphatic rings. The average Bonchev–Trinajstić information content (AvgIpc) is 3.22. The fourth-order valence-corrected chi connectivity index (χ4v) is 2.40. The summed E-state index contributed by atoms with van der Waals surface area (Å²) in [6.07, 6.45) is 2.61.